The van der Waals surface area contributed by atoms with Crippen LogP contribution in [0, 0.1) is 0 Å². The van der Waals surface area contributed by atoms with Crippen LogP contribution in [0.15, 0.2) is 72.6 Å². The fraction of sp³-hybridized carbons (Fsp3) is 0.143. The van der Waals surface area contributed by atoms with Crippen molar-refractivity contribution in [3.63, 3.8) is 0 Å². The van der Waals surface area contributed by atoms with E-state index in [0.29, 0.717) is 0 Å². The predicted octanol–water partition coefficient (Wildman–Crippen LogP) is 4.59. The van der Waals surface area contributed by atoms with Crippen LogP contribution >= 0.6 is 0 Å². The van der Waals surface area contributed by atoms with Gasteiger partial charge in [0.15, 0.2) is 0 Å². The second-order valence-corrected chi connectivity index (χ2v) is 5.96. The number of para-hydroxylation sites is 1. The Morgan fingerprint density at radius 2 is 1.75 bits per heavy atom. The number of allylic oxidation sites excluding steroid dienone is 2. The van der Waals surface area contributed by atoms with Crippen LogP contribution in [0.2, 0.25) is 0 Å². The molecule has 0 atom stereocenters. The predicted molar refractivity (Wildman–Crippen MR) is 98.7 cm³/mol. The van der Waals surface area contributed by atoms with Crippen molar-refractivity contribution in [3.8, 4) is 11.4 Å². The molecule has 3 aromatic rings. The number of anilines is 1. The lowest BCUT2D eigenvalue weighted by molar-refractivity contribution is 1.19. The number of aromatic nitrogens is 2. The zero-order valence-electron chi connectivity index (χ0n) is 13.7. The number of nitrogens with one attached hydrogen (secondary N) is 1. The van der Waals surface area contributed by atoms with Crippen LogP contribution in [0.25, 0.3) is 17.0 Å². The van der Waals surface area contributed by atoms with Crippen LogP contribution in [-0.2, 0) is 6.42 Å². The van der Waals surface area contributed by atoms with Crippen LogP contribution in [-0.4, -0.2) is 17.0 Å². The van der Waals surface area contributed by atoms with E-state index in [-0.39, 0.29) is 0 Å². The molecule has 1 N–H and O–H groups in total. The highest BCUT2D eigenvalue weighted by Crippen LogP contribution is 2.45. The first-order chi connectivity index (χ1) is 11.9. The quantitative estimate of drug-likeness (QED) is 0.749. The molecule has 1 aromatic carbocycles. The molecule has 0 radical (unpaired) electrons. The SMILES string of the molecule is CNc1ccccc1CC1=C(c2cccnc2-c2ccccn2)C1. The van der Waals surface area contributed by atoms with E-state index < -0.39 is 0 Å². The molecule has 0 unspecified atom stereocenters. The molecule has 0 amide bonds. The largest absolute Gasteiger partial charge is 0.388 e. The molecule has 3 heteroatoms. The van der Waals surface area contributed by atoms with E-state index in [1.54, 1.807) is 0 Å². The third-order valence-corrected chi connectivity index (χ3v) is 4.42. The number of hydrogen-bond donors (Lipinski definition) is 1. The Morgan fingerprint density at radius 3 is 2.58 bits per heavy atom. The van der Waals surface area contributed by atoms with E-state index in [9.17, 15) is 0 Å². The molecule has 0 aliphatic heterocycles. The molecule has 0 bridgehead atoms. The van der Waals surface area contributed by atoms with Crippen molar-refractivity contribution in [2.75, 3.05) is 12.4 Å². The van der Waals surface area contributed by atoms with Gasteiger partial charge in [0.05, 0.1) is 11.4 Å². The summed E-state index contributed by atoms with van der Waals surface area (Å²) < 4.78 is 0. The summed E-state index contributed by atoms with van der Waals surface area (Å²) in [4.78, 5) is 9.04. The molecule has 0 saturated heterocycles. The average molecular weight is 313 g/mol. The molecular weight excluding hydrogens is 294 g/mol. The normalized spacial score (nSPS) is 13.0. The summed E-state index contributed by atoms with van der Waals surface area (Å²) in [6.45, 7) is 0. The first kappa shape index (κ1) is 14.6. The van der Waals surface area contributed by atoms with Gasteiger partial charge < -0.3 is 5.32 Å². The van der Waals surface area contributed by atoms with Crippen molar-refractivity contribution in [2.45, 2.75) is 12.8 Å². The van der Waals surface area contributed by atoms with Crippen molar-refractivity contribution in [1.82, 2.24) is 9.97 Å². The van der Waals surface area contributed by atoms with Gasteiger partial charge in [-0.3, -0.25) is 9.97 Å². The zero-order valence-corrected chi connectivity index (χ0v) is 13.7. The summed E-state index contributed by atoms with van der Waals surface area (Å²) in [5, 5.41) is 3.28. The van der Waals surface area contributed by atoms with Gasteiger partial charge in [-0.05, 0) is 48.2 Å². The molecule has 118 valence electrons. The van der Waals surface area contributed by atoms with Gasteiger partial charge in [-0.2, -0.15) is 0 Å². The van der Waals surface area contributed by atoms with E-state index in [4.69, 9.17) is 0 Å². The molecular formula is C21H19N3. The van der Waals surface area contributed by atoms with E-state index in [1.165, 1.54) is 28.0 Å². The highest BCUT2D eigenvalue weighted by atomic mass is 14.8. The summed E-state index contributed by atoms with van der Waals surface area (Å²) in [7, 11) is 1.97. The summed E-state index contributed by atoms with van der Waals surface area (Å²) in [5.74, 6) is 0. The van der Waals surface area contributed by atoms with E-state index in [0.717, 1.165) is 24.2 Å². The lowest BCUT2D eigenvalue weighted by Gasteiger charge is -2.06. The molecule has 0 saturated carbocycles. The van der Waals surface area contributed by atoms with Gasteiger partial charge in [-0.1, -0.05) is 35.9 Å². The van der Waals surface area contributed by atoms with Crippen LogP contribution in [0.1, 0.15) is 17.5 Å². The number of benzene rings is 1. The monoisotopic (exact) mass is 313 g/mol. The van der Waals surface area contributed by atoms with Gasteiger partial charge in [0.2, 0.25) is 0 Å². The molecule has 24 heavy (non-hydrogen) atoms. The molecule has 3 nitrogen and oxygen atoms in total. The standard InChI is InChI=1S/C21H19N3/c1-22-19-9-3-2-7-15(19)13-16-14-18(16)17-8-6-12-24-21(17)20-10-4-5-11-23-20/h2-12,22H,13-14H2,1H3. The fourth-order valence-corrected chi connectivity index (χ4v) is 3.13. The maximum absolute atomic E-state index is 4.58. The number of pyridine rings is 2. The van der Waals surface area contributed by atoms with Crippen molar-refractivity contribution in [2.24, 2.45) is 0 Å². The topological polar surface area (TPSA) is 37.8 Å². The van der Waals surface area contributed by atoms with Gasteiger partial charge in [0.1, 0.15) is 0 Å². The van der Waals surface area contributed by atoms with Crippen molar-refractivity contribution in [1.29, 1.82) is 0 Å². The Bertz CT molecular complexity index is 898. The summed E-state index contributed by atoms with van der Waals surface area (Å²) in [6.07, 6.45) is 5.71. The number of rotatable bonds is 5. The smallest absolute Gasteiger partial charge is 0.0961 e. The molecule has 4 rings (SSSR count). The summed E-state index contributed by atoms with van der Waals surface area (Å²) >= 11 is 0. The highest BCUT2D eigenvalue weighted by molar-refractivity contribution is 5.89. The minimum atomic E-state index is 0.933. The minimum Gasteiger partial charge on any atom is -0.388 e. The maximum atomic E-state index is 4.58. The second kappa shape index (κ2) is 6.28. The Kier molecular flexibility index (Phi) is 3.83. The van der Waals surface area contributed by atoms with Gasteiger partial charge >= 0.3 is 0 Å². The summed E-state index contributed by atoms with van der Waals surface area (Å²) in [6, 6.07) is 18.6. The Morgan fingerprint density at radius 1 is 0.917 bits per heavy atom. The van der Waals surface area contributed by atoms with Crippen LogP contribution < -0.4 is 5.32 Å². The summed E-state index contributed by atoms with van der Waals surface area (Å²) in [5.41, 5.74) is 8.57. The van der Waals surface area contributed by atoms with Crippen LogP contribution in [0.3, 0.4) is 0 Å². The first-order valence-corrected chi connectivity index (χ1v) is 8.20. The number of nitrogens with zero attached hydrogens (tertiary/aromatic N) is 2. The van der Waals surface area contributed by atoms with Crippen molar-refractivity contribution >= 4 is 11.3 Å². The van der Waals surface area contributed by atoms with Gasteiger partial charge in [0, 0.05) is 30.7 Å². The molecule has 1 aliphatic carbocycles. The third kappa shape index (κ3) is 2.81. The van der Waals surface area contributed by atoms with Crippen molar-refractivity contribution < 1.29 is 0 Å². The zero-order chi connectivity index (χ0) is 16.4. The first-order valence-electron chi connectivity index (χ1n) is 8.20. The molecule has 0 fully saturated rings. The van der Waals surface area contributed by atoms with Gasteiger partial charge in [-0.15, -0.1) is 0 Å². The number of hydrogen-bond acceptors (Lipinski definition) is 3. The van der Waals surface area contributed by atoms with E-state index in [1.807, 2.05) is 43.7 Å². The molecule has 2 aromatic heterocycles. The van der Waals surface area contributed by atoms with Crippen LogP contribution in [0.4, 0.5) is 5.69 Å². The van der Waals surface area contributed by atoms with E-state index >= 15 is 0 Å². The molecule has 0 spiro atoms. The Hall–Kier alpha value is -2.94. The third-order valence-electron chi connectivity index (χ3n) is 4.42. The molecule has 1 aliphatic rings. The highest BCUT2D eigenvalue weighted by Gasteiger charge is 2.26. The minimum absolute atomic E-state index is 0.933. The lowest BCUT2D eigenvalue weighted by atomic mass is 10.1. The fourth-order valence-electron chi connectivity index (χ4n) is 3.13. The van der Waals surface area contributed by atoms with Crippen molar-refractivity contribution in [3.05, 3.63) is 83.7 Å². The maximum Gasteiger partial charge on any atom is 0.0961 e. The Labute approximate surface area is 142 Å². The van der Waals surface area contributed by atoms with Gasteiger partial charge in [0.25, 0.3) is 0 Å². The Balaban J connectivity index is 1.67. The van der Waals surface area contributed by atoms with Gasteiger partial charge in [-0.25, -0.2) is 0 Å². The molecule has 2 heterocycles. The lowest BCUT2D eigenvalue weighted by Crippen LogP contribution is -1.94. The second-order valence-electron chi connectivity index (χ2n) is 5.96. The van der Waals surface area contributed by atoms with Crippen LogP contribution in [0.5, 0.6) is 0 Å². The average Bonchev–Trinajstić information content (AvgIpc) is 3.42. The van der Waals surface area contributed by atoms with E-state index in [2.05, 4.69) is 45.6 Å².